The number of hydrogen-bond donors (Lipinski definition) is 0. The van der Waals surface area contributed by atoms with Crippen LogP contribution in [0.4, 0.5) is 8.78 Å². The molecule has 0 aromatic heterocycles. The number of benzene rings is 3. The van der Waals surface area contributed by atoms with Crippen molar-refractivity contribution in [1.82, 2.24) is 0 Å². The molecular weight excluding hydrogens is 350 g/mol. The van der Waals surface area contributed by atoms with Crippen LogP contribution < -0.4 is 4.74 Å². The lowest BCUT2D eigenvalue weighted by Gasteiger charge is -2.04. The molecule has 5 heteroatoms. The number of carbonyl (C=O) groups is 2. The zero-order chi connectivity index (χ0) is 19.2. The van der Waals surface area contributed by atoms with Gasteiger partial charge in [0.15, 0.2) is 5.78 Å². The summed E-state index contributed by atoms with van der Waals surface area (Å²) >= 11 is 0. The molecule has 0 aliphatic rings. The highest BCUT2D eigenvalue weighted by Gasteiger charge is 2.10. The Bertz CT molecular complexity index is 991. The summed E-state index contributed by atoms with van der Waals surface area (Å²) < 4.78 is 31.6. The molecule has 0 amide bonds. The van der Waals surface area contributed by atoms with Gasteiger partial charge in [-0.2, -0.15) is 0 Å². The molecule has 27 heavy (non-hydrogen) atoms. The summed E-state index contributed by atoms with van der Waals surface area (Å²) in [5.41, 5.74) is 1.01. The van der Waals surface area contributed by atoms with Gasteiger partial charge in [0.1, 0.15) is 17.4 Å². The fourth-order valence-corrected chi connectivity index (χ4v) is 2.36. The second-order valence-corrected chi connectivity index (χ2v) is 5.64. The molecule has 0 bridgehead atoms. The summed E-state index contributed by atoms with van der Waals surface area (Å²) in [7, 11) is 0. The van der Waals surface area contributed by atoms with E-state index in [4.69, 9.17) is 4.74 Å². The Balaban J connectivity index is 1.65. The van der Waals surface area contributed by atoms with E-state index in [-0.39, 0.29) is 17.1 Å². The van der Waals surface area contributed by atoms with Crippen molar-refractivity contribution in [3.05, 3.63) is 107 Å². The van der Waals surface area contributed by atoms with E-state index < -0.39 is 17.6 Å². The van der Waals surface area contributed by atoms with E-state index in [2.05, 4.69) is 0 Å². The van der Waals surface area contributed by atoms with E-state index in [0.29, 0.717) is 11.1 Å². The van der Waals surface area contributed by atoms with Crippen molar-refractivity contribution in [1.29, 1.82) is 0 Å². The quantitative estimate of drug-likeness (QED) is 0.282. The van der Waals surface area contributed by atoms with Gasteiger partial charge in [-0.25, -0.2) is 13.6 Å². The lowest BCUT2D eigenvalue weighted by atomic mass is 10.0. The van der Waals surface area contributed by atoms with Crippen LogP contribution in [0.3, 0.4) is 0 Å². The van der Waals surface area contributed by atoms with Crippen LogP contribution in [-0.4, -0.2) is 11.8 Å². The second kappa shape index (κ2) is 8.19. The highest BCUT2D eigenvalue weighted by molar-refractivity contribution is 6.09. The Labute approximate surface area is 154 Å². The van der Waals surface area contributed by atoms with Crippen molar-refractivity contribution >= 4 is 17.8 Å². The minimum absolute atomic E-state index is 0.244. The third-order valence-electron chi connectivity index (χ3n) is 3.75. The smallest absolute Gasteiger partial charge is 0.336 e. The van der Waals surface area contributed by atoms with Gasteiger partial charge in [0.2, 0.25) is 0 Å². The first kappa shape index (κ1) is 18.2. The summed E-state index contributed by atoms with van der Waals surface area (Å²) in [4.78, 5) is 24.1. The molecule has 0 aliphatic carbocycles. The van der Waals surface area contributed by atoms with Crippen molar-refractivity contribution in [2.75, 3.05) is 0 Å². The molecule has 0 atom stereocenters. The molecule has 0 aliphatic heterocycles. The summed E-state index contributed by atoms with van der Waals surface area (Å²) in [5, 5.41) is 0. The molecule has 3 rings (SSSR count). The number of ether oxygens (including phenoxy) is 1. The predicted molar refractivity (Wildman–Crippen MR) is 97.3 cm³/mol. The van der Waals surface area contributed by atoms with Crippen LogP contribution in [0.25, 0.3) is 6.08 Å². The van der Waals surface area contributed by atoms with E-state index in [1.807, 2.05) is 0 Å². The Morgan fingerprint density at radius 3 is 2.00 bits per heavy atom. The first-order valence-corrected chi connectivity index (χ1v) is 8.08. The van der Waals surface area contributed by atoms with Crippen molar-refractivity contribution in [3.63, 3.8) is 0 Å². The van der Waals surface area contributed by atoms with Gasteiger partial charge in [0.05, 0.1) is 0 Å². The number of ketones is 1. The summed E-state index contributed by atoms with van der Waals surface area (Å²) in [6.07, 6.45) is 2.44. The van der Waals surface area contributed by atoms with Gasteiger partial charge >= 0.3 is 5.97 Å². The van der Waals surface area contributed by atoms with E-state index in [1.165, 1.54) is 66.7 Å². The zero-order valence-corrected chi connectivity index (χ0v) is 14.1. The number of esters is 1. The molecule has 0 spiro atoms. The molecule has 0 heterocycles. The number of rotatable bonds is 5. The van der Waals surface area contributed by atoms with Crippen LogP contribution >= 0.6 is 0 Å². The minimum atomic E-state index is -0.670. The van der Waals surface area contributed by atoms with Gasteiger partial charge in [-0.1, -0.05) is 18.2 Å². The average Bonchev–Trinajstić information content (AvgIpc) is 2.68. The van der Waals surface area contributed by atoms with Gasteiger partial charge in [-0.05, 0) is 60.7 Å². The lowest BCUT2D eigenvalue weighted by Crippen LogP contribution is -2.05. The molecule has 134 valence electrons. The highest BCUT2D eigenvalue weighted by atomic mass is 19.1. The van der Waals surface area contributed by atoms with Crippen molar-refractivity contribution in [2.24, 2.45) is 0 Å². The molecule has 0 saturated heterocycles. The van der Waals surface area contributed by atoms with Crippen LogP contribution in [0.15, 0.2) is 78.9 Å². The van der Waals surface area contributed by atoms with E-state index in [1.54, 1.807) is 12.1 Å². The molecule has 0 unspecified atom stereocenters. The SMILES string of the molecule is O=C(/C=C/c1ccccc1F)Oc1ccc(C(=O)c2ccc(F)cc2)cc1. The first-order valence-electron chi connectivity index (χ1n) is 8.08. The third kappa shape index (κ3) is 4.73. The molecule has 3 aromatic carbocycles. The third-order valence-corrected chi connectivity index (χ3v) is 3.75. The summed E-state index contributed by atoms with van der Waals surface area (Å²) in [6.45, 7) is 0. The summed E-state index contributed by atoms with van der Waals surface area (Å²) in [6, 6.07) is 17.2. The minimum Gasteiger partial charge on any atom is -0.423 e. The fraction of sp³-hybridized carbons (Fsp3) is 0. The van der Waals surface area contributed by atoms with E-state index in [9.17, 15) is 18.4 Å². The maximum atomic E-state index is 13.5. The zero-order valence-electron chi connectivity index (χ0n) is 14.1. The summed E-state index contributed by atoms with van der Waals surface area (Å²) in [5.74, 6) is -1.56. The van der Waals surface area contributed by atoms with Gasteiger partial charge < -0.3 is 4.74 Å². The molecule has 0 N–H and O–H groups in total. The number of carbonyl (C=O) groups excluding carboxylic acids is 2. The first-order chi connectivity index (χ1) is 13.0. The molecule has 0 saturated carbocycles. The molecule has 0 radical (unpaired) electrons. The van der Waals surface area contributed by atoms with Gasteiger partial charge in [-0.3, -0.25) is 4.79 Å². The monoisotopic (exact) mass is 364 g/mol. The lowest BCUT2D eigenvalue weighted by molar-refractivity contribution is -0.128. The maximum Gasteiger partial charge on any atom is 0.336 e. The van der Waals surface area contributed by atoms with Gasteiger partial charge in [0, 0.05) is 22.8 Å². The van der Waals surface area contributed by atoms with Crippen molar-refractivity contribution in [3.8, 4) is 5.75 Å². The predicted octanol–water partition coefficient (Wildman–Crippen LogP) is 4.81. The van der Waals surface area contributed by atoms with Crippen LogP contribution in [-0.2, 0) is 4.79 Å². The number of hydrogen-bond acceptors (Lipinski definition) is 3. The normalized spacial score (nSPS) is 10.7. The fourth-order valence-electron chi connectivity index (χ4n) is 2.36. The van der Waals surface area contributed by atoms with E-state index >= 15 is 0 Å². The average molecular weight is 364 g/mol. The Kier molecular flexibility index (Phi) is 5.52. The largest absolute Gasteiger partial charge is 0.423 e. The highest BCUT2D eigenvalue weighted by Crippen LogP contribution is 2.16. The van der Waals surface area contributed by atoms with Gasteiger partial charge in [0.25, 0.3) is 0 Å². The van der Waals surface area contributed by atoms with E-state index in [0.717, 1.165) is 6.08 Å². The Hall–Kier alpha value is -3.60. The van der Waals surface area contributed by atoms with Crippen LogP contribution in [0.2, 0.25) is 0 Å². The molecule has 0 fully saturated rings. The topological polar surface area (TPSA) is 43.4 Å². The molecular formula is C22H14F2O3. The van der Waals surface area contributed by atoms with Crippen molar-refractivity contribution < 1.29 is 23.1 Å². The Morgan fingerprint density at radius 2 is 1.37 bits per heavy atom. The maximum absolute atomic E-state index is 13.5. The standard InChI is InChI=1S/C22H14F2O3/c23-18-10-5-16(6-11-18)22(26)17-7-12-19(13-8-17)27-21(25)14-9-15-3-1-2-4-20(15)24/h1-14H/b14-9+. The van der Waals surface area contributed by atoms with Crippen LogP contribution in [0.1, 0.15) is 21.5 Å². The van der Waals surface area contributed by atoms with Crippen molar-refractivity contribution in [2.45, 2.75) is 0 Å². The molecule has 3 aromatic rings. The second-order valence-electron chi connectivity index (χ2n) is 5.64. The van der Waals surface area contributed by atoms with Gasteiger partial charge in [-0.15, -0.1) is 0 Å². The Morgan fingerprint density at radius 1 is 0.778 bits per heavy atom. The molecule has 3 nitrogen and oxygen atoms in total. The van der Waals surface area contributed by atoms with Crippen LogP contribution in [0, 0.1) is 11.6 Å². The van der Waals surface area contributed by atoms with Crippen LogP contribution in [0.5, 0.6) is 5.75 Å². The number of halogens is 2.